The molecule has 0 saturated carbocycles. The van der Waals surface area contributed by atoms with E-state index in [4.69, 9.17) is 0 Å². The van der Waals surface area contributed by atoms with Crippen LogP contribution in [0.15, 0.2) is 23.6 Å². The average Bonchev–Trinajstić information content (AvgIpc) is 2.97. The number of carbonyl (C=O) groups is 1. The minimum absolute atomic E-state index is 0.565. The van der Waals surface area contributed by atoms with E-state index >= 15 is 0 Å². The standard InChI is InChI=1S/C19H25N3O2S/c1-13-5-4-6-14(2)17(13)18(19(23)24)22-9-7-21(8-10-22)11-16-12-25-15(3)20-16/h4-6,12,18H,7-11H2,1-3H3,(H,23,24). The van der Waals surface area contributed by atoms with Gasteiger partial charge in [-0.2, -0.15) is 0 Å². The predicted octanol–water partition coefficient (Wildman–Crippen LogP) is 3.01. The van der Waals surface area contributed by atoms with Crippen molar-refractivity contribution < 1.29 is 9.90 Å². The van der Waals surface area contributed by atoms with Gasteiger partial charge < -0.3 is 5.11 Å². The first-order chi connectivity index (χ1) is 12.0. The molecule has 1 atom stereocenters. The summed E-state index contributed by atoms with van der Waals surface area (Å²) in [5, 5.41) is 13.1. The van der Waals surface area contributed by atoms with Crippen LogP contribution in [0.3, 0.4) is 0 Å². The van der Waals surface area contributed by atoms with Gasteiger partial charge in [0.05, 0.1) is 10.7 Å². The highest BCUT2D eigenvalue weighted by Gasteiger charge is 2.32. The second kappa shape index (κ2) is 7.64. The maximum atomic E-state index is 12.0. The van der Waals surface area contributed by atoms with Crippen LogP contribution in [0.5, 0.6) is 0 Å². The molecule has 5 nitrogen and oxygen atoms in total. The van der Waals surface area contributed by atoms with Gasteiger partial charge in [-0.1, -0.05) is 18.2 Å². The summed E-state index contributed by atoms with van der Waals surface area (Å²) in [6.07, 6.45) is 0. The number of thiazole rings is 1. The topological polar surface area (TPSA) is 56.7 Å². The Morgan fingerprint density at radius 2 is 1.84 bits per heavy atom. The molecule has 1 aromatic heterocycles. The molecule has 1 unspecified atom stereocenters. The van der Waals surface area contributed by atoms with Crippen LogP contribution in [0.2, 0.25) is 0 Å². The Balaban J connectivity index is 1.70. The number of hydrogen-bond acceptors (Lipinski definition) is 5. The highest BCUT2D eigenvalue weighted by molar-refractivity contribution is 7.09. The van der Waals surface area contributed by atoms with Crippen LogP contribution in [0.1, 0.15) is 33.4 Å². The summed E-state index contributed by atoms with van der Waals surface area (Å²) in [6.45, 7) is 10.1. The van der Waals surface area contributed by atoms with Crippen molar-refractivity contribution in [1.29, 1.82) is 0 Å². The number of rotatable bonds is 5. The molecular formula is C19H25N3O2S. The first kappa shape index (κ1) is 18.0. The molecule has 2 heterocycles. The molecule has 0 bridgehead atoms. The molecule has 1 aliphatic rings. The number of aryl methyl sites for hydroxylation is 3. The maximum absolute atomic E-state index is 12.0. The zero-order valence-corrected chi connectivity index (χ0v) is 15.8. The van der Waals surface area contributed by atoms with Gasteiger partial charge in [-0.15, -0.1) is 11.3 Å². The van der Waals surface area contributed by atoms with E-state index in [1.54, 1.807) is 11.3 Å². The second-order valence-electron chi connectivity index (χ2n) is 6.72. The molecule has 134 valence electrons. The Morgan fingerprint density at radius 1 is 1.20 bits per heavy atom. The monoisotopic (exact) mass is 359 g/mol. The predicted molar refractivity (Wildman–Crippen MR) is 100.0 cm³/mol. The van der Waals surface area contributed by atoms with E-state index in [0.29, 0.717) is 0 Å². The number of nitrogens with zero attached hydrogens (tertiary/aromatic N) is 3. The minimum atomic E-state index is -0.763. The van der Waals surface area contributed by atoms with E-state index in [2.05, 4.69) is 20.2 Å². The molecule has 0 aliphatic carbocycles. The molecule has 3 rings (SSSR count). The lowest BCUT2D eigenvalue weighted by atomic mass is 9.94. The summed E-state index contributed by atoms with van der Waals surface area (Å²) >= 11 is 1.68. The molecular weight excluding hydrogens is 334 g/mol. The summed E-state index contributed by atoms with van der Waals surface area (Å²) in [5.41, 5.74) is 4.15. The summed E-state index contributed by atoms with van der Waals surface area (Å²) in [7, 11) is 0. The number of piperazine rings is 1. The number of benzene rings is 1. The van der Waals surface area contributed by atoms with Crippen LogP contribution >= 0.6 is 11.3 Å². The van der Waals surface area contributed by atoms with Crippen LogP contribution in [-0.4, -0.2) is 52.0 Å². The molecule has 1 aromatic carbocycles. The van der Waals surface area contributed by atoms with Crippen molar-refractivity contribution >= 4 is 17.3 Å². The van der Waals surface area contributed by atoms with Crippen molar-refractivity contribution in [1.82, 2.24) is 14.8 Å². The highest BCUT2D eigenvalue weighted by Crippen LogP contribution is 2.28. The van der Waals surface area contributed by atoms with Gasteiger partial charge in [0.2, 0.25) is 0 Å². The van der Waals surface area contributed by atoms with Crippen LogP contribution in [0.25, 0.3) is 0 Å². The molecule has 0 radical (unpaired) electrons. The Morgan fingerprint density at radius 3 is 2.36 bits per heavy atom. The summed E-state index contributed by atoms with van der Waals surface area (Å²) in [4.78, 5) is 21.0. The van der Waals surface area contributed by atoms with Crippen molar-refractivity contribution in [3.05, 3.63) is 51.0 Å². The molecule has 1 N–H and O–H groups in total. The molecule has 0 spiro atoms. The third kappa shape index (κ3) is 4.08. The quantitative estimate of drug-likeness (QED) is 0.889. The molecule has 2 aromatic rings. The lowest BCUT2D eigenvalue weighted by molar-refractivity contribution is -0.144. The van der Waals surface area contributed by atoms with Crippen LogP contribution < -0.4 is 0 Å². The normalized spacial score (nSPS) is 17.6. The average molecular weight is 359 g/mol. The van der Waals surface area contributed by atoms with Crippen molar-refractivity contribution in [2.45, 2.75) is 33.4 Å². The fourth-order valence-electron chi connectivity index (χ4n) is 3.61. The number of carboxylic acids is 1. The summed E-state index contributed by atoms with van der Waals surface area (Å²) in [6, 6.07) is 5.42. The maximum Gasteiger partial charge on any atom is 0.325 e. The molecule has 1 saturated heterocycles. The summed E-state index contributed by atoms with van der Waals surface area (Å²) in [5.74, 6) is -0.763. The van der Waals surface area contributed by atoms with Gasteiger partial charge >= 0.3 is 5.97 Å². The SMILES string of the molecule is Cc1nc(CN2CCN(C(C(=O)O)c3c(C)cccc3C)CC2)cs1. The lowest BCUT2D eigenvalue weighted by Crippen LogP contribution is -2.49. The second-order valence-corrected chi connectivity index (χ2v) is 7.78. The van der Waals surface area contributed by atoms with Gasteiger partial charge in [-0.25, -0.2) is 4.98 Å². The van der Waals surface area contributed by atoms with Crippen molar-refractivity contribution in [2.75, 3.05) is 26.2 Å². The fraction of sp³-hybridized carbons (Fsp3) is 0.474. The zero-order valence-electron chi connectivity index (χ0n) is 15.0. The van der Waals surface area contributed by atoms with E-state index in [9.17, 15) is 9.90 Å². The van der Waals surface area contributed by atoms with Gasteiger partial charge in [0.25, 0.3) is 0 Å². The number of aliphatic carboxylic acids is 1. The molecule has 0 amide bonds. The zero-order chi connectivity index (χ0) is 18.0. The number of aromatic nitrogens is 1. The molecule has 6 heteroatoms. The Hall–Kier alpha value is -1.76. The van der Waals surface area contributed by atoms with E-state index in [1.165, 1.54) is 0 Å². The fourth-order valence-corrected chi connectivity index (χ4v) is 4.21. The van der Waals surface area contributed by atoms with E-state index < -0.39 is 12.0 Å². The third-order valence-corrected chi connectivity index (χ3v) is 5.70. The largest absolute Gasteiger partial charge is 0.480 e. The van der Waals surface area contributed by atoms with E-state index in [0.717, 1.165) is 60.1 Å². The van der Waals surface area contributed by atoms with Gasteiger partial charge in [0.1, 0.15) is 6.04 Å². The molecule has 1 aliphatic heterocycles. The van der Waals surface area contributed by atoms with Gasteiger partial charge in [0, 0.05) is 38.1 Å². The van der Waals surface area contributed by atoms with Crippen molar-refractivity contribution in [3.8, 4) is 0 Å². The highest BCUT2D eigenvalue weighted by atomic mass is 32.1. The minimum Gasteiger partial charge on any atom is -0.480 e. The van der Waals surface area contributed by atoms with Gasteiger partial charge in [-0.05, 0) is 37.5 Å². The van der Waals surface area contributed by atoms with Crippen LogP contribution in [0, 0.1) is 20.8 Å². The van der Waals surface area contributed by atoms with E-state index in [-0.39, 0.29) is 0 Å². The smallest absolute Gasteiger partial charge is 0.325 e. The van der Waals surface area contributed by atoms with Gasteiger partial charge in [0.15, 0.2) is 0 Å². The van der Waals surface area contributed by atoms with Crippen LogP contribution in [0.4, 0.5) is 0 Å². The molecule has 1 fully saturated rings. The number of carboxylic acid groups (broad SMARTS) is 1. The molecule has 25 heavy (non-hydrogen) atoms. The Labute approximate surface area is 152 Å². The van der Waals surface area contributed by atoms with Gasteiger partial charge in [-0.3, -0.25) is 14.6 Å². The summed E-state index contributed by atoms with van der Waals surface area (Å²) < 4.78 is 0. The Kier molecular flexibility index (Phi) is 5.51. The van der Waals surface area contributed by atoms with Crippen molar-refractivity contribution in [2.24, 2.45) is 0 Å². The Bertz CT molecular complexity index is 731. The lowest BCUT2D eigenvalue weighted by Gasteiger charge is -2.38. The van der Waals surface area contributed by atoms with E-state index in [1.807, 2.05) is 39.0 Å². The third-order valence-electron chi connectivity index (χ3n) is 4.87. The first-order valence-corrected chi connectivity index (χ1v) is 9.50. The van der Waals surface area contributed by atoms with Crippen molar-refractivity contribution in [3.63, 3.8) is 0 Å². The number of hydrogen-bond donors (Lipinski definition) is 1. The first-order valence-electron chi connectivity index (χ1n) is 8.62. The van der Waals surface area contributed by atoms with Crippen LogP contribution in [-0.2, 0) is 11.3 Å².